The smallest absolute Gasteiger partial charge is 0.312 e. The highest BCUT2D eigenvalue weighted by Crippen LogP contribution is 2.75. The van der Waals surface area contributed by atoms with Gasteiger partial charge >= 0.3 is 5.97 Å². The van der Waals surface area contributed by atoms with Crippen LogP contribution in [0.2, 0.25) is 0 Å². The fraction of sp³-hybridized carbons (Fsp3) is 0.703. The van der Waals surface area contributed by atoms with Crippen molar-refractivity contribution in [3.63, 3.8) is 0 Å². The number of ketones is 1. The van der Waals surface area contributed by atoms with Gasteiger partial charge in [-0.25, -0.2) is 0 Å². The largest absolute Gasteiger partial charge is 0.460 e. The minimum Gasteiger partial charge on any atom is -0.460 e. The number of carbonyl (C=O) groups is 3. The summed E-state index contributed by atoms with van der Waals surface area (Å²) in [4.78, 5) is 40.6. The third-order valence-electron chi connectivity index (χ3n) is 14.2. The Hall–Kier alpha value is -2.27. The third-order valence-corrected chi connectivity index (χ3v) is 14.2. The molecule has 0 aromatic heterocycles. The lowest BCUT2D eigenvalue weighted by atomic mass is 9.33. The SMILES string of the molecule is CC12CC[C@](C)(C(=O)OCc3ccccc3)C[C@H]1C1=CC(=O)[C@H]3C(C)(CC[C@@H]4[C@]3(C)CCC(O)[C@@]4(C)C=O)[C@]1(C)CC2. The molecule has 4 fully saturated rings. The maximum Gasteiger partial charge on any atom is 0.312 e. The van der Waals surface area contributed by atoms with Crippen LogP contribution in [0.3, 0.4) is 0 Å². The highest BCUT2D eigenvalue weighted by molar-refractivity contribution is 5.96. The van der Waals surface area contributed by atoms with E-state index in [0.717, 1.165) is 56.8 Å². The molecule has 6 rings (SSSR count). The van der Waals surface area contributed by atoms with Gasteiger partial charge in [0.25, 0.3) is 0 Å². The van der Waals surface area contributed by atoms with E-state index < -0.39 is 16.9 Å². The van der Waals surface area contributed by atoms with Crippen LogP contribution in [0.1, 0.15) is 105 Å². The van der Waals surface area contributed by atoms with Crippen molar-refractivity contribution in [3.05, 3.63) is 47.5 Å². The maximum absolute atomic E-state index is 14.5. The number of fused-ring (bicyclic) bond motifs is 7. The van der Waals surface area contributed by atoms with E-state index in [1.54, 1.807) is 0 Å². The summed E-state index contributed by atoms with van der Waals surface area (Å²) in [5, 5.41) is 10.9. The van der Waals surface area contributed by atoms with Crippen molar-refractivity contribution in [2.75, 3.05) is 0 Å². The summed E-state index contributed by atoms with van der Waals surface area (Å²) >= 11 is 0. The Morgan fingerprint density at radius 3 is 2.33 bits per heavy atom. The monoisotopic (exact) mass is 574 g/mol. The van der Waals surface area contributed by atoms with E-state index in [2.05, 4.69) is 34.6 Å². The number of allylic oxidation sites excluding steroid dienone is 2. The molecule has 5 aliphatic rings. The number of esters is 1. The topological polar surface area (TPSA) is 80.7 Å². The third kappa shape index (κ3) is 3.94. The summed E-state index contributed by atoms with van der Waals surface area (Å²) in [6, 6.07) is 9.85. The number of aldehydes is 1. The molecule has 3 unspecified atom stereocenters. The molecule has 0 saturated heterocycles. The molecule has 42 heavy (non-hydrogen) atoms. The van der Waals surface area contributed by atoms with Crippen LogP contribution < -0.4 is 0 Å². The van der Waals surface area contributed by atoms with Gasteiger partial charge in [0.2, 0.25) is 0 Å². The molecule has 1 aromatic carbocycles. The van der Waals surface area contributed by atoms with Gasteiger partial charge in [-0.2, -0.15) is 0 Å². The van der Waals surface area contributed by atoms with E-state index in [1.165, 1.54) is 5.57 Å². The number of hydrogen-bond acceptors (Lipinski definition) is 5. The number of carbonyl (C=O) groups excluding carboxylic acids is 3. The standard InChI is InChI=1S/C37H50O5/c1-32-16-17-33(2,31(41)42-22-24-10-8-7-9-11-24)21-26(32)25-20-27(39)30-34(3)14-13-29(40)35(4,23-38)28(34)12-15-37(30,6)36(25,5)19-18-32/h7-11,20,23,26,28-30,40H,12-19,21-22H2,1-6H3/t26-,28+,29?,30+,32?,33-,34-,35-,36+,37?/m0/s1. The van der Waals surface area contributed by atoms with Crippen LogP contribution in [0.5, 0.6) is 0 Å². The van der Waals surface area contributed by atoms with Gasteiger partial charge in [0.1, 0.15) is 12.9 Å². The number of aliphatic hydroxyl groups excluding tert-OH is 1. The Kier molecular flexibility index (Phi) is 6.82. The number of hydrogen-bond donors (Lipinski definition) is 1. The normalized spacial score (nSPS) is 48.1. The average molecular weight is 575 g/mol. The van der Waals surface area contributed by atoms with E-state index >= 15 is 0 Å². The lowest BCUT2D eigenvalue weighted by Crippen LogP contribution is -2.67. The second-order valence-electron chi connectivity index (χ2n) is 16.4. The highest BCUT2D eigenvalue weighted by atomic mass is 16.5. The van der Waals surface area contributed by atoms with Crippen molar-refractivity contribution in [1.29, 1.82) is 0 Å². The van der Waals surface area contributed by atoms with E-state index in [4.69, 9.17) is 4.74 Å². The molecular weight excluding hydrogens is 524 g/mol. The first kappa shape index (κ1) is 29.8. The fourth-order valence-corrected chi connectivity index (χ4v) is 11.2. The molecule has 0 aliphatic heterocycles. The summed E-state index contributed by atoms with van der Waals surface area (Å²) < 4.78 is 5.91. The number of ether oxygens (including phenoxy) is 1. The van der Waals surface area contributed by atoms with Gasteiger partial charge in [0.05, 0.1) is 16.9 Å². The molecule has 1 N–H and O–H groups in total. The van der Waals surface area contributed by atoms with Crippen molar-refractivity contribution < 1.29 is 24.2 Å². The van der Waals surface area contributed by atoms with Crippen molar-refractivity contribution >= 4 is 18.0 Å². The molecule has 4 saturated carbocycles. The molecule has 5 aliphatic carbocycles. The van der Waals surface area contributed by atoms with E-state index in [-0.39, 0.29) is 57.8 Å². The van der Waals surface area contributed by atoms with Gasteiger partial charge in [-0.1, -0.05) is 70.5 Å². The van der Waals surface area contributed by atoms with Gasteiger partial charge in [0.15, 0.2) is 5.78 Å². The first-order valence-corrected chi connectivity index (χ1v) is 16.3. The molecule has 0 bridgehead atoms. The molecule has 5 nitrogen and oxygen atoms in total. The fourth-order valence-electron chi connectivity index (χ4n) is 11.2. The molecular formula is C37H50O5. The minimum atomic E-state index is -0.823. The lowest BCUT2D eigenvalue weighted by molar-refractivity contribution is -0.202. The average Bonchev–Trinajstić information content (AvgIpc) is 2.96. The van der Waals surface area contributed by atoms with E-state index in [9.17, 15) is 19.5 Å². The van der Waals surface area contributed by atoms with Crippen LogP contribution >= 0.6 is 0 Å². The lowest BCUT2D eigenvalue weighted by Gasteiger charge is -2.70. The summed E-state index contributed by atoms with van der Waals surface area (Å²) in [6.07, 6.45) is 9.94. The van der Waals surface area contributed by atoms with Gasteiger partial charge in [-0.15, -0.1) is 0 Å². The zero-order valence-corrected chi connectivity index (χ0v) is 26.5. The molecule has 0 radical (unpaired) electrons. The molecule has 0 spiro atoms. The van der Waals surface area contributed by atoms with Crippen LogP contribution in [-0.2, 0) is 25.7 Å². The zero-order chi connectivity index (χ0) is 30.3. The molecule has 0 heterocycles. The van der Waals surface area contributed by atoms with Crippen LogP contribution in [0.4, 0.5) is 0 Å². The van der Waals surface area contributed by atoms with Gasteiger partial charge in [0, 0.05) is 5.92 Å². The van der Waals surface area contributed by atoms with Crippen LogP contribution in [0, 0.1) is 50.2 Å². The predicted octanol–water partition coefficient (Wildman–Crippen LogP) is 7.25. The van der Waals surface area contributed by atoms with Crippen molar-refractivity contribution in [2.45, 2.75) is 112 Å². The second-order valence-corrected chi connectivity index (χ2v) is 16.4. The van der Waals surface area contributed by atoms with E-state index in [1.807, 2.05) is 43.3 Å². The molecule has 228 valence electrons. The van der Waals surface area contributed by atoms with Crippen molar-refractivity contribution in [1.82, 2.24) is 0 Å². The molecule has 0 amide bonds. The van der Waals surface area contributed by atoms with Gasteiger partial charge < -0.3 is 14.6 Å². The number of aliphatic hydroxyl groups is 1. The minimum absolute atomic E-state index is 0.0157. The Morgan fingerprint density at radius 2 is 1.64 bits per heavy atom. The van der Waals surface area contributed by atoms with Crippen LogP contribution in [-0.4, -0.2) is 29.2 Å². The molecule has 5 heteroatoms. The maximum atomic E-state index is 14.5. The predicted molar refractivity (Wildman–Crippen MR) is 162 cm³/mol. The zero-order valence-electron chi connectivity index (χ0n) is 26.5. The Bertz CT molecular complexity index is 1320. The first-order chi connectivity index (χ1) is 19.7. The Morgan fingerprint density at radius 1 is 0.952 bits per heavy atom. The van der Waals surface area contributed by atoms with Gasteiger partial charge in [-0.3, -0.25) is 9.59 Å². The molecule has 1 aromatic rings. The summed E-state index contributed by atoms with van der Waals surface area (Å²) in [5.41, 5.74) is 0.150. The number of rotatable bonds is 4. The summed E-state index contributed by atoms with van der Waals surface area (Å²) in [7, 11) is 0. The quantitative estimate of drug-likeness (QED) is 0.303. The van der Waals surface area contributed by atoms with Gasteiger partial charge in [-0.05, 0) is 110 Å². The van der Waals surface area contributed by atoms with Crippen molar-refractivity contribution in [2.24, 2.45) is 50.2 Å². The summed E-state index contributed by atoms with van der Waals surface area (Å²) in [6.45, 7) is 13.6. The molecule has 10 atom stereocenters. The highest BCUT2D eigenvalue weighted by Gasteiger charge is 2.70. The van der Waals surface area contributed by atoms with Crippen molar-refractivity contribution in [3.8, 4) is 0 Å². The van der Waals surface area contributed by atoms with Crippen LogP contribution in [0.15, 0.2) is 42.0 Å². The van der Waals surface area contributed by atoms with Crippen LogP contribution in [0.25, 0.3) is 0 Å². The van der Waals surface area contributed by atoms with E-state index in [0.29, 0.717) is 12.8 Å². The first-order valence-electron chi connectivity index (χ1n) is 16.3. The second kappa shape index (κ2) is 9.61. The number of benzene rings is 1. The summed E-state index contributed by atoms with van der Waals surface area (Å²) in [5.74, 6) is 0.0249. The Labute approximate surface area is 251 Å². The Balaban J connectivity index is 1.34.